The summed E-state index contributed by atoms with van der Waals surface area (Å²) in [6.45, 7) is 1.95. The van der Waals surface area contributed by atoms with Crippen molar-refractivity contribution in [3.05, 3.63) is 66.2 Å². The minimum Gasteiger partial charge on any atom is -0.489 e. The molecule has 7 nitrogen and oxygen atoms in total. The van der Waals surface area contributed by atoms with Crippen LogP contribution in [0.3, 0.4) is 0 Å². The van der Waals surface area contributed by atoms with Crippen LogP contribution in [0.25, 0.3) is 16.3 Å². The first-order valence-corrected chi connectivity index (χ1v) is 10.9. The molecule has 1 fully saturated rings. The standard InChI is InChI=1S/C24H26N6OS/c1-26-12-20(11-25)16-2-3-17-14-29-23(10-18(17)8-16)30-24(32)19-9-22(15-28-13-19)31-21-4-6-27-7-5-21/h2-3,8-15,21,27H,4-7,25H2,1H3,(H,29,30,32). The first kappa shape index (κ1) is 21.9. The van der Waals surface area contributed by atoms with Crippen LogP contribution in [-0.4, -0.2) is 47.4 Å². The highest BCUT2D eigenvalue weighted by molar-refractivity contribution is 7.81. The third-order valence-corrected chi connectivity index (χ3v) is 5.65. The third kappa shape index (κ3) is 5.27. The summed E-state index contributed by atoms with van der Waals surface area (Å²) >= 11 is 5.61. The molecule has 1 aromatic carbocycles. The van der Waals surface area contributed by atoms with Gasteiger partial charge in [-0.05, 0) is 55.1 Å². The maximum Gasteiger partial charge on any atom is 0.138 e. The number of nitrogens with zero attached hydrogens (tertiary/aromatic N) is 3. The Morgan fingerprint density at radius 3 is 2.78 bits per heavy atom. The Labute approximate surface area is 192 Å². The lowest BCUT2D eigenvalue weighted by Crippen LogP contribution is -2.34. The Bertz CT molecular complexity index is 1170. The molecular formula is C24H26N6OS. The molecule has 0 saturated carbocycles. The number of aliphatic imine (C=N–C) groups is 1. The van der Waals surface area contributed by atoms with Gasteiger partial charge in [0.05, 0.1) is 6.20 Å². The van der Waals surface area contributed by atoms with Crippen molar-refractivity contribution in [2.45, 2.75) is 18.9 Å². The van der Waals surface area contributed by atoms with Crippen LogP contribution >= 0.6 is 12.2 Å². The Morgan fingerprint density at radius 1 is 1.16 bits per heavy atom. The molecule has 0 radical (unpaired) electrons. The predicted molar refractivity (Wildman–Crippen MR) is 134 cm³/mol. The summed E-state index contributed by atoms with van der Waals surface area (Å²) in [5, 5.41) is 8.60. The number of nitrogens with two attached hydrogens (primary N) is 1. The van der Waals surface area contributed by atoms with Crippen molar-refractivity contribution < 1.29 is 4.74 Å². The number of benzene rings is 1. The predicted octanol–water partition coefficient (Wildman–Crippen LogP) is 3.55. The highest BCUT2D eigenvalue weighted by Gasteiger charge is 2.15. The van der Waals surface area contributed by atoms with E-state index in [2.05, 4.69) is 31.7 Å². The fraction of sp³-hybridized carbons (Fsp3) is 0.250. The fourth-order valence-electron chi connectivity index (χ4n) is 3.64. The van der Waals surface area contributed by atoms with E-state index < -0.39 is 0 Å². The highest BCUT2D eigenvalue weighted by Crippen LogP contribution is 2.23. The maximum absolute atomic E-state index is 6.09. The topological polar surface area (TPSA) is 97.5 Å². The third-order valence-electron chi connectivity index (χ3n) is 5.31. The largest absolute Gasteiger partial charge is 0.489 e. The van der Waals surface area contributed by atoms with Gasteiger partial charge in [-0.3, -0.25) is 9.98 Å². The van der Waals surface area contributed by atoms with E-state index in [0.29, 0.717) is 10.8 Å². The van der Waals surface area contributed by atoms with E-state index in [9.17, 15) is 0 Å². The number of rotatable bonds is 6. The summed E-state index contributed by atoms with van der Waals surface area (Å²) in [4.78, 5) is 13.4. The van der Waals surface area contributed by atoms with Crippen molar-refractivity contribution >= 4 is 45.6 Å². The smallest absolute Gasteiger partial charge is 0.138 e. The van der Waals surface area contributed by atoms with Gasteiger partial charge in [0, 0.05) is 48.4 Å². The molecule has 164 valence electrons. The summed E-state index contributed by atoms with van der Waals surface area (Å²) in [7, 11) is 1.72. The SMILES string of the molecule is CN=CC(=CN)c1ccc2cnc(NC(=S)c3cncc(OC4CCNCC4)c3)cc2c1. The first-order chi connectivity index (χ1) is 15.7. The number of pyridine rings is 2. The van der Waals surface area contributed by atoms with Gasteiger partial charge in [-0.15, -0.1) is 0 Å². The number of hydrogen-bond acceptors (Lipinski definition) is 7. The van der Waals surface area contributed by atoms with Gasteiger partial charge < -0.3 is 21.1 Å². The molecule has 3 heterocycles. The van der Waals surface area contributed by atoms with Gasteiger partial charge in [0.2, 0.25) is 0 Å². The average molecular weight is 447 g/mol. The molecule has 8 heteroatoms. The van der Waals surface area contributed by atoms with E-state index in [0.717, 1.165) is 59.2 Å². The van der Waals surface area contributed by atoms with Gasteiger partial charge in [0.25, 0.3) is 0 Å². The Balaban J connectivity index is 1.51. The van der Waals surface area contributed by atoms with E-state index in [-0.39, 0.29) is 6.10 Å². The minimum atomic E-state index is 0.205. The van der Waals surface area contributed by atoms with Gasteiger partial charge in [0.15, 0.2) is 0 Å². The Morgan fingerprint density at radius 2 is 2.00 bits per heavy atom. The van der Waals surface area contributed by atoms with E-state index in [1.54, 1.807) is 31.9 Å². The molecule has 4 N–H and O–H groups in total. The molecule has 1 saturated heterocycles. The van der Waals surface area contributed by atoms with E-state index in [1.807, 2.05) is 30.5 Å². The molecule has 3 aromatic rings. The molecule has 32 heavy (non-hydrogen) atoms. The van der Waals surface area contributed by atoms with E-state index >= 15 is 0 Å². The zero-order valence-electron chi connectivity index (χ0n) is 17.9. The summed E-state index contributed by atoms with van der Waals surface area (Å²) in [6.07, 6.45) is 10.7. The van der Waals surface area contributed by atoms with Crippen LogP contribution in [0.4, 0.5) is 5.82 Å². The van der Waals surface area contributed by atoms with Gasteiger partial charge in [-0.2, -0.15) is 0 Å². The van der Waals surface area contributed by atoms with E-state index in [1.165, 1.54) is 0 Å². The minimum absolute atomic E-state index is 0.205. The molecule has 0 bridgehead atoms. The van der Waals surface area contributed by atoms with E-state index in [4.69, 9.17) is 22.7 Å². The fourth-order valence-corrected chi connectivity index (χ4v) is 3.86. The highest BCUT2D eigenvalue weighted by atomic mass is 32.1. The molecule has 1 aliphatic rings. The second-order valence-electron chi connectivity index (χ2n) is 7.57. The van der Waals surface area contributed by atoms with Gasteiger partial charge in [0.1, 0.15) is 22.7 Å². The number of ether oxygens (including phenoxy) is 1. The average Bonchev–Trinajstić information content (AvgIpc) is 2.83. The monoisotopic (exact) mass is 446 g/mol. The number of piperidine rings is 1. The zero-order valence-corrected chi connectivity index (χ0v) is 18.7. The lowest BCUT2D eigenvalue weighted by atomic mass is 10.0. The number of thiocarbonyl (C=S) groups is 1. The molecule has 4 rings (SSSR count). The van der Waals surface area contributed by atoms with Crippen LogP contribution in [-0.2, 0) is 0 Å². The number of anilines is 1. The lowest BCUT2D eigenvalue weighted by molar-refractivity contribution is 0.162. The van der Waals surface area contributed by atoms with Gasteiger partial charge in [-0.25, -0.2) is 4.98 Å². The quantitative estimate of drug-likeness (QED) is 0.393. The zero-order chi connectivity index (χ0) is 22.3. The Kier molecular flexibility index (Phi) is 7.03. The molecule has 0 spiro atoms. The lowest BCUT2D eigenvalue weighted by Gasteiger charge is -2.23. The number of hydrogen-bond donors (Lipinski definition) is 3. The van der Waals surface area contributed by atoms with Crippen molar-refractivity contribution in [3.8, 4) is 5.75 Å². The van der Waals surface area contributed by atoms with Crippen molar-refractivity contribution in [2.75, 3.05) is 25.5 Å². The van der Waals surface area contributed by atoms with Crippen LogP contribution in [0, 0.1) is 0 Å². The molecule has 1 aliphatic heterocycles. The van der Waals surface area contributed by atoms with Crippen molar-refractivity contribution in [2.24, 2.45) is 10.7 Å². The van der Waals surface area contributed by atoms with Gasteiger partial charge in [-0.1, -0.05) is 24.4 Å². The van der Waals surface area contributed by atoms with Crippen LogP contribution in [0.5, 0.6) is 5.75 Å². The number of aromatic nitrogens is 2. The normalized spacial score (nSPS) is 15.2. The second-order valence-corrected chi connectivity index (χ2v) is 7.98. The summed E-state index contributed by atoms with van der Waals surface area (Å²) in [6, 6.07) is 9.96. The van der Waals surface area contributed by atoms with Gasteiger partial charge >= 0.3 is 0 Å². The molecule has 0 unspecified atom stereocenters. The van der Waals surface area contributed by atoms with Crippen molar-refractivity contribution in [1.82, 2.24) is 15.3 Å². The molecule has 0 amide bonds. The molecular weight excluding hydrogens is 420 g/mol. The van der Waals surface area contributed by atoms with Crippen LogP contribution in [0.15, 0.2) is 60.1 Å². The van der Waals surface area contributed by atoms with Crippen LogP contribution in [0.1, 0.15) is 24.0 Å². The molecule has 2 aromatic heterocycles. The summed E-state index contributed by atoms with van der Waals surface area (Å²) in [5.74, 6) is 1.39. The van der Waals surface area contributed by atoms with Crippen molar-refractivity contribution in [3.63, 3.8) is 0 Å². The van der Waals surface area contributed by atoms with Crippen molar-refractivity contribution in [1.29, 1.82) is 0 Å². The summed E-state index contributed by atoms with van der Waals surface area (Å²) < 4.78 is 6.09. The maximum atomic E-state index is 6.09. The number of fused-ring (bicyclic) bond motifs is 1. The molecule has 0 aliphatic carbocycles. The summed E-state index contributed by atoms with van der Waals surface area (Å²) in [5.41, 5.74) is 8.38. The van der Waals surface area contributed by atoms with Crippen LogP contribution in [0.2, 0.25) is 0 Å². The Hall–Kier alpha value is -3.36. The molecule has 0 atom stereocenters. The number of nitrogens with one attached hydrogen (secondary N) is 2. The first-order valence-electron chi connectivity index (χ1n) is 10.5. The second kappa shape index (κ2) is 10.3. The number of allylic oxidation sites excluding steroid dienone is 1. The van der Waals surface area contributed by atoms with Crippen LogP contribution < -0.4 is 21.1 Å².